The number of aryl methyl sites for hydroxylation is 1. The molecule has 1 saturated heterocycles. The number of benzene rings is 2. The van der Waals surface area contributed by atoms with Crippen molar-refractivity contribution < 1.29 is 17.9 Å². The number of hydrogen-bond acceptors (Lipinski definition) is 4. The molecule has 0 unspecified atom stereocenters. The SMILES string of the molecule is CCCOc1ccc(S(=O)(=O)Nc2ccc(C)c(N3CCCC3=O)c2)cc1. The van der Waals surface area contributed by atoms with E-state index in [-0.39, 0.29) is 10.8 Å². The fourth-order valence-electron chi connectivity index (χ4n) is 3.02. The molecule has 1 aliphatic heterocycles. The van der Waals surface area contributed by atoms with Gasteiger partial charge in [0.15, 0.2) is 0 Å². The molecule has 0 radical (unpaired) electrons. The van der Waals surface area contributed by atoms with E-state index in [9.17, 15) is 13.2 Å². The molecule has 1 amide bonds. The Morgan fingerprint density at radius 1 is 1.15 bits per heavy atom. The fraction of sp³-hybridized carbons (Fsp3) is 0.350. The van der Waals surface area contributed by atoms with Crippen LogP contribution in [0.1, 0.15) is 31.7 Å². The zero-order valence-corrected chi connectivity index (χ0v) is 16.4. The lowest BCUT2D eigenvalue weighted by molar-refractivity contribution is -0.117. The largest absolute Gasteiger partial charge is 0.494 e. The van der Waals surface area contributed by atoms with Crippen molar-refractivity contribution in [1.29, 1.82) is 0 Å². The average Bonchev–Trinajstić information content (AvgIpc) is 3.07. The Bertz CT molecular complexity index is 923. The summed E-state index contributed by atoms with van der Waals surface area (Å²) in [5.41, 5.74) is 2.12. The van der Waals surface area contributed by atoms with Gasteiger partial charge in [0.25, 0.3) is 10.0 Å². The van der Waals surface area contributed by atoms with Crippen LogP contribution in [-0.4, -0.2) is 27.5 Å². The molecule has 0 aliphatic carbocycles. The van der Waals surface area contributed by atoms with E-state index >= 15 is 0 Å². The van der Waals surface area contributed by atoms with Gasteiger partial charge in [-0.05, 0) is 61.7 Å². The summed E-state index contributed by atoms with van der Waals surface area (Å²) < 4.78 is 33.4. The van der Waals surface area contributed by atoms with Crippen LogP contribution < -0.4 is 14.4 Å². The maximum absolute atomic E-state index is 12.7. The number of anilines is 2. The van der Waals surface area contributed by atoms with E-state index in [0.717, 1.165) is 24.1 Å². The molecule has 2 aromatic rings. The number of nitrogens with zero attached hydrogens (tertiary/aromatic N) is 1. The molecule has 1 N–H and O–H groups in total. The molecule has 1 heterocycles. The maximum atomic E-state index is 12.7. The molecule has 0 atom stereocenters. The Kier molecular flexibility index (Phi) is 5.70. The third-order valence-corrected chi connectivity index (χ3v) is 5.83. The van der Waals surface area contributed by atoms with Crippen molar-refractivity contribution >= 4 is 27.3 Å². The maximum Gasteiger partial charge on any atom is 0.261 e. The van der Waals surface area contributed by atoms with Gasteiger partial charge in [0.05, 0.1) is 17.2 Å². The smallest absolute Gasteiger partial charge is 0.261 e. The number of rotatable bonds is 7. The van der Waals surface area contributed by atoms with E-state index in [1.165, 1.54) is 12.1 Å². The van der Waals surface area contributed by atoms with Crippen LogP contribution in [0.15, 0.2) is 47.4 Å². The minimum absolute atomic E-state index is 0.0702. The second kappa shape index (κ2) is 8.00. The first-order valence-electron chi connectivity index (χ1n) is 9.07. The quantitative estimate of drug-likeness (QED) is 0.784. The first-order valence-corrected chi connectivity index (χ1v) is 10.6. The van der Waals surface area contributed by atoms with Gasteiger partial charge in [0.2, 0.25) is 5.91 Å². The topological polar surface area (TPSA) is 75.7 Å². The molecule has 0 bridgehead atoms. The Hall–Kier alpha value is -2.54. The highest BCUT2D eigenvalue weighted by Crippen LogP contribution is 2.29. The van der Waals surface area contributed by atoms with Gasteiger partial charge in [-0.25, -0.2) is 8.42 Å². The Morgan fingerprint density at radius 3 is 2.52 bits per heavy atom. The minimum Gasteiger partial charge on any atom is -0.494 e. The number of hydrogen-bond donors (Lipinski definition) is 1. The number of amides is 1. The van der Waals surface area contributed by atoms with E-state index < -0.39 is 10.0 Å². The lowest BCUT2D eigenvalue weighted by Crippen LogP contribution is -2.24. The van der Waals surface area contributed by atoms with E-state index in [2.05, 4.69) is 4.72 Å². The highest BCUT2D eigenvalue weighted by atomic mass is 32.2. The van der Waals surface area contributed by atoms with Gasteiger partial charge in [-0.1, -0.05) is 13.0 Å². The molecular formula is C20H24N2O4S. The molecule has 1 aliphatic rings. The monoisotopic (exact) mass is 388 g/mol. The molecule has 7 heteroatoms. The highest BCUT2D eigenvalue weighted by Gasteiger charge is 2.24. The standard InChI is InChI=1S/C20H24N2O4S/c1-3-13-26-17-8-10-18(11-9-17)27(24,25)21-16-7-6-15(2)19(14-16)22-12-4-5-20(22)23/h6-11,14,21H,3-5,12-13H2,1-2H3. The summed E-state index contributed by atoms with van der Waals surface area (Å²) in [6.07, 6.45) is 2.24. The van der Waals surface area contributed by atoms with Gasteiger partial charge in [-0.15, -0.1) is 0 Å². The molecule has 6 nitrogen and oxygen atoms in total. The minimum atomic E-state index is -3.73. The van der Waals surface area contributed by atoms with Crippen molar-refractivity contribution in [2.45, 2.75) is 38.0 Å². The normalized spacial score (nSPS) is 14.4. The summed E-state index contributed by atoms with van der Waals surface area (Å²) in [5.74, 6) is 0.710. The lowest BCUT2D eigenvalue weighted by Gasteiger charge is -2.19. The second-order valence-corrected chi connectivity index (χ2v) is 8.26. The van der Waals surface area contributed by atoms with E-state index in [1.807, 2.05) is 19.9 Å². The zero-order chi connectivity index (χ0) is 19.4. The van der Waals surface area contributed by atoms with Crippen LogP contribution in [0, 0.1) is 6.92 Å². The average molecular weight is 388 g/mol. The molecular weight excluding hydrogens is 364 g/mol. The number of ether oxygens (including phenoxy) is 1. The van der Waals surface area contributed by atoms with Gasteiger partial charge < -0.3 is 9.64 Å². The molecule has 0 spiro atoms. The Labute approximate surface area is 160 Å². The molecule has 144 valence electrons. The summed E-state index contributed by atoms with van der Waals surface area (Å²) in [6, 6.07) is 11.6. The lowest BCUT2D eigenvalue weighted by atomic mass is 10.1. The molecule has 2 aromatic carbocycles. The summed E-state index contributed by atoms with van der Waals surface area (Å²) in [5, 5.41) is 0. The molecule has 3 rings (SSSR count). The van der Waals surface area contributed by atoms with Gasteiger partial charge in [0, 0.05) is 18.7 Å². The fourth-order valence-corrected chi connectivity index (χ4v) is 4.07. The summed E-state index contributed by atoms with van der Waals surface area (Å²) in [7, 11) is -3.73. The second-order valence-electron chi connectivity index (χ2n) is 6.58. The van der Waals surface area contributed by atoms with Gasteiger partial charge >= 0.3 is 0 Å². The summed E-state index contributed by atoms with van der Waals surface area (Å²) >= 11 is 0. The highest BCUT2D eigenvalue weighted by molar-refractivity contribution is 7.92. The third-order valence-electron chi connectivity index (χ3n) is 4.43. The van der Waals surface area contributed by atoms with Gasteiger partial charge in [0.1, 0.15) is 5.75 Å². The summed E-state index contributed by atoms with van der Waals surface area (Å²) in [4.78, 5) is 13.9. The van der Waals surface area contributed by atoms with Crippen molar-refractivity contribution in [2.24, 2.45) is 0 Å². The van der Waals surface area contributed by atoms with E-state index in [1.54, 1.807) is 29.2 Å². The first-order chi connectivity index (χ1) is 12.9. The van der Waals surface area contributed by atoms with Crippen LogP contribution in [0.25, 0.3) is 0 Å². The van der Waals surface area contributed by atoms with Crippen molar-refractivity contribution in [3.8, 4) is 5.75 Å². The van der Waals surface area contributed by atoms with Crippen molar-refractivity contribution in [3.63, 3.8) is 0 Å². The number of carbonyl (C=O) groups excluding carboxylic acids is 1. The van der Waals surface area contributed by atoms with Crippen LogP contribution in [0.2, 0.25) is 0 Å². The number of carbonyl (C=O) groups is 1. The van der Waals surface area contributed by atoms with Gasteiger partial charge in [-0.3, -0.25) is 9.52 Å². The number of sulfonamides is 1. The molecule has 1 fully saturated rings. The van der Waals surface area contributed by atoms with Crippen LogP contribution in [0.4, 0.5) is 11.4 Å². The molecule has 0 aromatic heterocycles. The van der Waals surface area contributed by atoms with Crippen LogP contribution in [0.3, 0.4) is 0 Å². The predicted octanol–water partition coefficient (Wildman–Crippen LogP) is 3.71. The van der Waals surface area contributed by atoms with Crippen molar-refractivity contribution in [3.05, 3.63) is 48.0 Å². The third kappa shape index (κ3) is 4.42. The number of nitrogens with one attached hydrogen (secondary N) is 1. The van der Waals surface area contributed by atoms with Crippen molar-refractivity contribution in [2.75, 3.05) is 22.8 Å². The van der Waals surface area contributed by atoms with Crippen LogP contribution in [0.5, 0.6) is 5.75 Å². The first kappa shape index (κ1) is 19.2. The Morgan fingerprint density at radius 2 is 1.89 bits per heavy atom. The molecule has 0 saturated carbocycles. The molecule has 27 heavy (non-hydrogen) atoms. The van der Waals surface area contributed by atoms with Crippen LogP contribution >= 0.6 is 0 Å². The van der Waals surface area contributed by atoms with E-state index in [0.29, 0.717) is 31.0 Å². The van der Waals surface area contributed by atoms with E-state index in [4.69, 9.17) is 4.74 Å². The van der Waals surface area contributed by atoms with Crippen molar-refractivity contribution in [1.82, 2.24) is 0 Å². The zero-order valence-electron chi connectivity index (χ0n) is 15.6. The van der Waals surface area contributed by atoms with Gasteiger partial charge in [-0.2, -0.15) is 0 Å². The summed E-state index contributed by atoms with van der Waals surface area (Å²) in [6.45, 7) is 5.17. The van der Waals surface area contributed by atoms with Crippen LogP contribution in [-0.2, 0) is 14.8 Å². The predicted molar refractivity (Wildman–Crippen MR) is 106 cm³/mol. The Balaban J connectivity index is 1.80.